The molecule has 2 aliphatic heterocycles. The summed E-state index contributed by atoms with van der Waals surface area (Å²) in [5.74, 6) is 0.773. The van der Waals surface area contributed by atoms with Crippen molar-refractivity contribution < 1.29 is 19.1 Å². The normalized spacial score (nSPS) is 28.0. The lowest BCUT2D eigenvalue weighted by atomic mass is 9.52. The minimum absolute atomic E-state index is 0.294. The molecule has 3 atom stereocenters. The van der Waals surface area contributed by atoms with Crippen LogP contribution in [0.3, 0.4) is 0 Å². The van der Waals surface area contributed by atoms with Crippen molar-refractivity contribution in [2.75, 3.05) is 20.7 Å². The summed E-state index contributed by atoms with van der Waals surface area (Å²) in [6.07, 6.45) is 8.52. The zero-order valence-corrected chi connectivity index (χ0v) is 22.0. The molecule has 4 aliphatic rings. The fourth-order valence-corrected chi connectivity index (χ4v) is 7.37. The van der Waals surface area contributed by atoms with Crippen LogP contribution in [0, 0.1) is 5.92 Å². The second-order valence-electron chi connectivity index (χ2n) is 10.9. The largest absolute Gasteiger partial charge is 0.497 e. The number of barbiturate groups is 1. The number of hydrogen-bond acceptors (Lipinski definition) is 5. The van der Waals surface area contributed by atoms with Crippen molar-refractivity contribution in [3.63, 3.8) is 0 Å². The van der Waals surface area contributed by atoms with Gasteiger partial charge in [-0.1, -0.05) is 56.2 Å². The third-order valence-corrected chi connectivity index (χ3v) is 9.35. The van der Waals surface area contributed by atoms with E-state index in [1.54, 1.807) is 55.5 Å². The SMILES string of the molecule is CCC1(c2ccccc2)C(=O)NC(=O)NC1=O.COc1ccc2c(c1)[C@]13CCCC[C@@H]1[C@H](C2)N(C)CC3. The summed E-state index contributed by atoms with van der Waals surface area (Å²) in [5.41, 5.74) is 2.95. The molecule has 4 amide bonds. The number of hydrogen-bond donors (Lipinski definition) is 2. The maximum Gasteiger partial charge on any atom is 0.328 e. The number of ether oxygens (including phenoxy) is 1. The highest BCUT2D eigenvalue weighted by molar-refractivity contribution is 6.22. The summed E-state index contributed by atoms with van der Waals surface area (Å²) in [4.78, 5) is 37.6. The van der Waals surface area contributed by atoms with Crippen LogP contribution in [0.25, 0.3) is 0 Å². The summed E-state index contributed by atoms with van der Waals surface area (Å²) in [6, 6.07) is 15.6. The Morgan fingerprint density at radius 1 is 1.00 bits per heavy atom. The van der Waals surface area contributed by atoms with Crippen molar-refractivity contribution in [1.82, 2.24) is 15.5 Å². The molecular weight excluding hydrogens is 466 g/mol. The third kappa shape index (κ3) is 4.13. The number of amides is 4. The minimum atomic E-state index is -1.31. The van der Waals surface area contributed by atoms with Gasteiger partial charge in [0.1, 0.15) is 5.75 Å². The lowest BCUT2D eigenvalue weighted by Crippen LogP contribution is -2.64. The zero-order chi connectivity index (χ0) is 26.2. The Kier molecular flexibility index (Phi) is 6.84. The minimum Gasteiger partial charge on any atom is -0.497 e. The van der Waals surface area contributed by atoms with E-state index >= 15 is 0 Å². The summed E-state index contributed by atoms with van der Waals surface area (Å²) < 4.78 is 5.51. The number of imide groups is 2. The van der Waals surface area contributed by atoms with Crippen LogP contribution in [0.1, 0.15) is 62.1 Å². The number of carbonyl (C=O) groups is 3. The fraction of sp³-hybridized carbons (Fsp3) is 0.500. The first-order valence-corrected chi connectivity index (χ1v) is 13.5. The number of benzene rings is 2. The van der Waals surface area contributed by atoms with Crippen molar-refractivity contribution in [2.45, 2.75) is 68.7 Å². The highest BCUT2D eigenvalue weighted by Gasteiger charge is 2.53. The number of urea groups is 1. The molecule has 2 aliphatic carbocycles. The number of nitrogens with one attached hydrogen (secondary N) is 2. The van der Waals surface area contributed by atoms with Crippen molar-refractivity contribution in [1.29, 1.82) is 0 Å². The van der Waals surface area contributed by atoms with E-state index < -0.39 is 23.3 Å². The Labute approximate surface area is 218 Å². The Balaban J connectivity index is 0.000000154. The highest BCUT2D eigenvalue weighted by atomic mass is 16.5. The first kappa shape index (κ1) is 25.5. The van der Waals surface area contributed by atoms with E-state index in [9.17, 15) is 14.4 Å². The fourth-order valence-electron chi connectivity index (χ4n) is 7.37. The maximum atomic E-state index is 12.0. The number of nitrogens with zero attached hydrogens (tertiary/aromatic N) is 1. The summed E-state index contributed by atoms with van der Waals surface area (Å²) in [7, 11) is 4.12. The van der Waals surface area contributed by atoms with Gasteiger partial charge in [0.05, 0.1) is 7.11 Å². The number of carbonyl (C=O) groups excluding carboxylic acids is 3. The van der Waals surface area contributed by atoms with E-state index in [1.165, 1.54) is 45.1 Å². The molecule has 0 aromatic heterocycles. The molecule has 2 aromatic rings. The topological polar surface area (TPSA) is 87.7 Å². The summed E-state index contributed by atoms with van der Waals surface area (Å²) in [6.45, 7) is 3.00. The Bertz CT molecular complexity index is 1180. The Morgan fingerprint density at radius 3 is 2.41 bits per heavy atom. The van der Waals surface area contributed by atoms with E-state index in [2.05, 4.69) is 40.8 Å². The molecule has 2 saturated heterocycles. The van der Waals surface area contributed by atoms with E-state index in [-0.39, 0.29) is 0 Å². The Hall–Kier alpha value is -3.19. The lowest BCUT2D eigenvalue weighted by molar-refractivity contribution is -0.138. The molecule has 3 fully saturated rings. The van der Waals surface area contributed by atoms with Gasteiger partial charge in [-0.3, -0.25) is 20.2 Å². The molecule has 196 valence electrons. The predicted molar refractivity (Wildman–Crippen MR) is 141 cm³/mol. The zero-order valence-electron chi connectivity index (χ0n) is 22.0. The highest BCUT2D eigenvalue weighted by Crippen LogP contribution is 2.55. The summed E-state index contributed by atoms with van der Waals surface area (Å²) in [5, 5.41) is 4.28. The van der Waals surface area contributed by atoms with E-state index in [1.807, 2.05) is 0 Å². The van der Waals surface area contributed by atoms with Gasteiger partial charge < -0.3 is 9.64 Å². The van der Waals surface area contributed by atoms with Gasteiger partial charge in [-0.2, -0.15) is 0 Å². The molecule has 1 saturated carbocycles. The molecule has 2 bridgehead atoms. The number of piperidine rings is 1. The maximum absolute atomic E-state index is 12.0. The first-order valence-electron chi connectivity index (χ1n) is 13.5. The van der Waals surface area contributed by atoms with Crippen LogP contribution < -0.4 is 15.4 Å². The average Bonchev–Trinajstić information content (AvgIpc) is 2.91. The molecule has 0 radical (unpaired) electrons. The summed E-state index contributed by atoms with van der Waals surface area (Å²) >= 11 is 0. The molecular formula is C30H37N3O4. The van der Waals surface area contributed by atoms with Crippen LogP contribution in [0.2, 0.25) is 0 Å². The molecule has 2 aromatic carbocycles. The number of likely N-dealkylation sites (N-methyl/N-ethyl adjacent to an activating group) is 1. The van der Waals surface area contributed by atoms with Crippen LogP contribution in [0.4, 0.5) is 4.79 Å². The average molecular weight is 504 g/mol. The predicted octanol–water partition coefficient (Wildman–Crippen LogP) is 4.08. The number of likely N-dealkylation sites (tertiary alicyclic amines) is 1. The van der Waals surface area contributed by atoms with Crippen molar-refractivity contribution in [3.05, 3.63) is 65.2 Å². The second kappa shape index (κ2) is 9.93. The molecule has 7 nitrogen and oxygen atoms in total. The smallest absolute Gasteiger partial charge is 0.328 e. The van der Waals surface area contributed by atoms with Crippen LogP contribution in [-0.2, 0) is 26.8 Å². The van der Waals surface area contributed by atoms with Gasteiger partial charge in [0.2, 0.25) is 11.8 Å². The van der Waals surface area contributed by atoms with Gasteiger partial charge in [-0.05, 0) is 80.4 Å². The van der Waals surface area contributed by atoms with E-state index in [4.69, 9.17) is 4.74 Å². The molecule has 37 heavy (non-hydrogen) atoms. The number of methoxy groups -OCH3 is 1. The molecule has 2 N–H and O–H groups in total. The van der Waals surface area contributed by atoms with Gasteiger partial charge in [-0.15, -0.1) is 0 Å². The van der Waals surface area contributed by atoms with Crippen molar-refractivity contribution >= 4 is 17.8 Å². The van der Waals surface area contributed by atoms with Crippen molar-refractivity contribution in [3.8, 4) is 5.75 Å². The van der Waals surface area contributed by atoms with E-state index in [0.717, 1.165) is 17.7 Å². The van der Waals surface area contributed by atoms with Gasteiger partial charge in [0.25, 0.3) is 0 Å². The Morgan fingerprint density at radius 2 is 1.73 bits per heavy atom. The lowest BCUT2D eigenvalue weighted by Gasteiger charge is -2.58. The van der Waals surface area contributed by atoms with Gasteiger partial charge in [-0.25, -0.2) is 4.79 Å². The molecule has 0 spiro atoms. The molecule has 6 rings (SSSR count). The van der Waals surface area contributed by atoms with Gasteiger partial charge in [0, 0.05) is 11.5 Å². The van der Waals surface area contributed by atoms with Gasteiger partial charge in [0.15, 0.2) is 5.41 Å². The van der Waals surface area contributed by atoms with Crippen LogP contribution >= 0.6 is 0 Å². The first-order chi connectivity index (χ1) is 17.9. The van der Waals surface area contributed by atoms with E-state index in [0.29, 0.717) is 17.4 Å². The quantitative estimate of drug-likeness (QED) is 0.617. The van der Waals surface area contributed by atoms with Crippen LogP contribution in [-0.4, -0.2) is 49.5 Å². The number of rotatable bonds is 3. The monoisotopic (exact) mass is 503 g/mol. The third-order valence-electron chi connectivity index (χ3n) is 9.35. The van der Waals surface area contributed by atoms with Crippen LogP contribution in [0.5, 0.6) is 5.75 Å². The molecule has 7 heteroatoms. The molecule has 2 heterocycles. The van der Waals surface area contributed by atoms with Gasteiger partial charge >= 0.3 is 6.03 Å². The van der Waals surface area contributed by atoms with Crippen LogP contribution in [0.15, 0.2) is 48.5 Å². The van der Waals surface area contributed by atoms with Crippen molar-refractivity contribution in [2.24, 2.45) is 5.92 Å². The second-order valence-corrected chi connectivity index (χ2v) is 10.9. The molecule has 0 unspecified atom stereocenters. The standard InChI is InChI=1S/C18H25NO.C12H12N2O3/c1-19-10-9-18-8-4-3-5-15(18)17(19)11-13-6-7-14(20-2)12-16(13)18;1-2-12(8-6-4-3-5-7-8)9(15)13-11(17)14-10(12)16/h6-7,12,15,17H,3-5,8-11H2,1-2H3;3-7H,2H2,1H3,(H2,13,14,15,16,17)/t15-,17+,18+;/m1./s1. The number of fused-ring (bicyclic) bond motifs is 1.